The van der Waals surface area contributed by atoms with Crippen LogP contribution in [-0.4, -0.2) is 58.7 Å². The van der Waals surface area contributed by atoms with Crippen LogP contribution in [0.4, 0.5) is 15.6 Å². The molecule has 1 aromatic carbocycles. The summed E-state index contributed by atoms with van der Waals surface area (Å²) in [7, 11) is 0. The molecule has 0 bridgehead atoms. The van der Waals surface area contributed by atoms with Crippen molar-refractivity contribution in [3.8, 4) is 0 Å². The maximum Gasteiger partial charge on any atom is 0.347 e. The molecular formula is C25H26Cl2N6O4S. The first-order valence-corrected chi connectivity index (χ1v) is 13.7. The van der Waals surface area contributed by atoms with Crippen molar-refractivity contribution in [3.63, 3.8) is 0 Å². The summed E-state index contributed by atoms with van der Waals surface area (Å²) >= 11 is 13.4. The van der Waals surface area contributed by atoms with Crippen molar-refractivity contribution in [1.82, 2.24) is 20.6 Å². The average molecular weight is 577 g/mol. The molecule has 3 heterocycles. The van der Waals surface area contributed by atoms with Crippen molar-refractivity contribution in [2.24, 2.45) is 11.8 Å². The lowest BCUT2D eigenvalue weighted by Gasteiger charge is -2.19. The molecule has 3 atom stereocenters. The summed E-state index contributed by atoms with van der Waals surface area (Å²) in [5, 5.41) is 19.5. The SMILES string of the molecule is CCNC(=O)Nc1cccc(Cc2nc(N3C[C@@H]4C(NC(=O)c5[nH]c(C)c(Cl)c5Cl)[C@@H]4C3)sc2C(=O)O)c1. The Morgan fingerprint density at radius 3 is 2.58 bits per heavy atom. The number of carboxylic acids is 1. The third-order valence-electron chi connectivity index (χ3n) is 6.82. The molecule has 5 N–H and O–H groups in total. The number of aromatic carboxylic acids is 1. The molecule has 10 nitrogen and oxygen atoms in total. The molecule has 1 saturated carbocycles. The van der Waals surface area contributed by atoms with E-state index in [1.807, 2.05) is 25.1 Å². The Labute approximate surface area is 232 Å². The molecule has 3 aromatic rings. The first-order chi connectivity index (χ1) is 18.2. The average Bonchev–Trinajstić information content (AvgIpc) is 3.22. The van der Waals surface area contributed by atoms with Crippen LogP contribution in [0.25, 0.3) is 0 Å². The highest BCUT2D eigenvalue weighted by molar-refractivity contribution is 7.17. The van der Waals surface area contributed by atoms with Crippen molar-refractivity contribution < 1.29 is 19.5 Å². The molecule has 13 heteroatoms. The summed E-state index contributed by atoms with van der Waals surface area (Å²) in [5.74, 6) is -0.806. The van der Waals surface area contributed by atoms with Gasteiger partial charge in [0, 0.05) is 55.3 Å². The van der Waals surface area contributed by atoms with Gasteiger partial charge in [-0.05, 0) is 31.5 Å². The zero-order valence-electron chi connectivity index (χ0n) is 20.6. The molecule has 2 aromatic heterocycles. The van der Waals surface area contributed by atoms with Crippen LogP contribution >= 0.6 is 34.5 Å². The summed E-state index contributed by atoms with van der Waals surface area (Å²) < 4.78 is 0. The van der Waals surface area contributed by atoms with Gasteiger partial charge in [0.2, 0.25) is 0 Å². The topological polar surface area (TPSA) is 139 Å². The highest BCUT2D eigenvalue weighted by Gasteiger charge is 2.57. The van der Waals surface area contributed by atoms with E-state index in [0.29, 0.717) is 53.3 Å². The standard InChI is InChI=1S/C25H26Cl2N6O4S/c1-3-28-24(37)30-13-6-4-5-12(7-13)8-16-21(23(35)36)38-25(31-16)33-9-14-15(10-33)19(14)32-22(34)20-18(27)17(26)11(2)29-20/h4-7,14-15,19,29H,3,8-10H2,1-2H3,(H,32,34)(H,35,36)(H2,28,30,37)/t14-,15+,19?. The third kappa shape index (κ3) is 5.18. The Hall–Kier alpha value is -3.28. The van der Waals surface area contributed by atoms with E-state index < -0.39 is 5.97 Å². The number of hydrogen-bond donors (Lipinski definition) is 5. The van der Waals surface area contributed by atoms with E-state index in [2.05, 4.69) is 30.8 Å². The number of H-pyrrole nitrogens is 1. The maximum absolute atomic E-state index is 12.7. The fraction of sp³-hybridized carbons (Fsp3) is 0.360. The zero-order chi connectivity index (χ0) is 27.1. The van der Waals surface area contributed by atoms with Crippen LogP contribution in [0.15, 0.2) is 24.3 Å². The second kappa shape index (κ2) is 10.5. The zero-order valence-corrected chi connectivity index (χ0v) is 22.9. The molecule has 0 spiro atoms. The van der Waals surface area contributed by atoms with Gasteiger partial charge in [-0.3, -0.25) is 4.79 Å². The molecule has 5 rings (SSSR count). The second-order valence-electron chi connectivity index (χ2n) is 9.42. The van der Waals surface area contributed by atoms with Crippen molar-refractivity contribution in [2.75, 3.05) is 29.9 Å². The summed E-state index contributed by atoms with van der Waals surface area (Å²) in [4.78, 5) is 46.4. The second-order valence-corrected chi connectivity index (χ2v) is 11.2. The summed E-state index contributed by atoms with van der Waals surface area (Å²) in [6.45, 7) is 5.44. The van der Waals surface area contributed by atoms with Crippen molar-refractivity contribution in [3.05, 3.63) is 61.8 Å². The Morgan fingerprint density at radius 1 is 1.21 bits per heavy atom. The molecule has 0 radical (unpaired) electrons. The number of aromatic nitrogens is 2. The number of rotatable bonds is 8. The maximum atomic E-state index is 12.7. The van der Waals surface area contributed by atoms with Gasteiger partial charge in [-0.2, -0.15) is 0 Å². The van der Waals surface area contributed by atoms with Crippen molar-refractivity contribution in [2.45, 2.75) is 26.3 Å². The molecule has 3 amide bonds. The quantitative estimate of drug-likeness (QED) is 0.269. The highest BCUT2D eigenvalue weighted by Crippen LogP contribution is 2.48. The number of amides is 3. The molecule has 200 valence electrons. The van der Waals surface area contributed by atoms with Crippen molar-refractivity contribution in [1.29, 1.82) is 0 Å². The van der Waals surface area contributed by atoms with Crippen LogP contribution in [0, 0.1) is 18.8 Å². The number of nitrogens with zero attached hydrogens (tertiary/aromatic N) is 2. The first kappa shape index (κ1) is 26.3. The van der Waals surface area contributed by atoms with Crippen LogP contribution in [0.3, 0.4) is 0 Å². The number of carboxylic acid groups (broad SMARTS) is 1. The van der Waals surface area contributed by atoms with Gasteiger partial charge in [0.1, 0.15) is 10.6 Å². The molecule has 38 heavy (non-hydrogen) atoms. The number of halogens is 2. The highest BCUT2D eigenvalue weighted by atomic mass is 35.5. The van der Waals surface area contributed by atoms with Gasteiger partial charge in [0.15, 0.2) is 5.13 Å². The number of urea groups is 1. The number of thiazole rings is 1. The minimum absolute atomic E-state index is 0.0238. The van der Waals surface area contributed by atoms with Gasteiger partial charge in [0.05, 0.1) is 15.7 Å². The number of carbonyl (C=O) groups excluding carboxylic acids is 2. The first-order valence-electron chi connectivity index (χ1n) is 12.1. The molecular weight excluding hydrogens is 551 g/mol. The monoisotopic (exact) mass is 576 g/mol. The van der Waals surface area contributed by atoms with Crippen LogP contribution in [0.2, 0.25) is 10.0 Å². The predicted octanol–water partition coefficient (Wildman–Crippen LogP) is 4.38. The fourth-order valence-electron chi connectivity index (χ4n) is 4.90. The van der Waals surface area contributed by atoms with Gasteiger partial charge in [-0.1, -0.05) is 46.7 Å². The lowest BCUT2D eigenvalue weighted by Crippen LogP contribution is -2.34. The largest absolute Gasteiger partial charge is 0.477 e. The van der Waals surface area contributed by atoms with Crippen LogP contribution in [0.5, 0.6) is 0 Å². The molecule has 1 aliphatic carbocycles. The predicted molar refractivity (Wildman–Crippen MR) is 147 cm³/mol. The molecule has 2 aliphatic rings. The molecule has 1 aliphatic heterocycles. The summed E-state index contributed by atoms with van der Waals surface area (Å²) in [6, 6.07) is 6.98. The van der Waals surface area contributed by atoms with E-state index in [1.165, 1.54) is 0 Å². The van der Waals surface area contributed by atoms with Crippen molar-refractivity contribution >= 4 is 63.3 Å². The third-order valence-corrected chi connectivity index (χ3v) is 8.91. The number of anilines is 2. The summed E-state index contributed by atoms with van der Waals surface area (Å²) in [5.41, 5.74) is 2.84. The molecule has 1 unspecified atom stereocenters. The van der Waals surface area contributed by atoms with E-state index in [0.717, 1.165) is 16.9 Å². The van der Waals surface area contributed by atoms with Gasteiger partial charge in [0.25, 0.3) is 5.91 Å². The van der Waals surface area contributed by atoms with Gasteiger partial charge < -0.3 is 30.9 Å². The van der Waals surface area contributed by atoms with E-state index in [4.69, 9.17) is 23.2 Å². The minimum atomic E-state index is -1.02. The number of aromatic amines is 1. The van der Waals surface area contributed by atoms with Gasteiger partial charge in [-0.25, -0.2) is 14.6 Å². The molecule has 1 saturated heterocycles. The van der Waals surface area contributed by atoms with Crippen LogP contribution in [-0.2, 0) is 6.42 Å². The normalized spacial score (nSPS) is 19.7. The number of hydrogen-bond acceptors (Lipinski definition) is 6. The van der Waals surface area contributed by atoms with E-state index in [9.17, 15) is 19.5 Å². The van der Waals surface area contributed by atoms with E-state index in [-0.39, 0.29) is 45.4 Å². The lowest BCUT2D eigenvalue weighted by atomic mass is 10.1. The lowest BCUT2D eigenvalue weighted by molar-refractivity contribution is 0.0700. The van der Waals surface area contributed by atoms with Gasteiger partial charge in [-0.15, -0.1) is 0 Å². The fourth-order valence-corrected chi connectivity index (χ4v) is 6.25. The minimum Gasteiger partial charge on any atom is -0.477 e. The smallest absolute Gasteiger partial charge is 0.347 e. The number of piperidine rings is 1. The Balaban J connectivity index is 1.23. The van der Waals surface area contributed by atoms with Gasteiger partial charge >= 0.3 is 12.0 Å². The van der Waals surface area contributed by atoms with Crippen LogP contribution in [0.1, 0.15) is 44.0 Å². The Bertz CT molecular complexity index is 1410. The number of carbonyl (C=O) groups is 3. The Kier molecular flexibility index (Phi) is 7.26. The number of aryl methyl sites for hydroxylation is 1. The van der Waals surface area contributed by atoms with Crippen LogP contribution < -0.4 is 20.9 Å². The summed E-state index contributed by atoms with van der Waals surface area (Å²) in [6.07, 6.45) is 0.321. The Morgan fingerprint density at radius 2 is 1.95 bits per heavy atom. The molecule has 2 fully saturated rings. The number of fused-ring (bicyclic) bond motifs is 1. The van der Waals surface area contributed by atoms with E-state index >= 15 is 0 Å². The van der Waals surface area contributed by atoms with E-state index in [1.54, 1.807) is 13.0 Å². The number of benzene rings is 1. The number of nitrogens with one attached hydrogen (secondary N) is 4.